The first kappa shape index (κ1) is 12.6. The van der Waals surface area contributed by atoms with Gasteiger partial charge in [0.15, 0.2) is 0 Å². The summed E-state index contributed by atoms with van der Waals surface area (Å²) in [6, 6.07) is 7.14. The van der Waals surface area contributed by atoms with Gasteiger partial charge >= 0.3 is 0 Å². The largest absolute Gasteiger partial charge is 0.207 e. The number of rotatable bonds is 2. The van der Waals surface area contributed by atoms with Crippen molar-refractivity contribution in [3.8, 4) is 0 Å². The fraction of sp³-hybridized carbons (Fsp3) is 0.625. The highest BCUT2D eigenvalue weighted by atomic mass is 19.1. The molecule has 1 aliphatic rings. The molecular formula is C16H23F. The minimum absolute atomic E-state index is 0.126. The van der Waals surface area contributed by atoms with Gasteiger partial charge in [0.2, 0.25) is 0 Å². The fourth-order valence-electron chi connectivity index (χ4n) is 3.22. The van der Waals surface area contributed by atoms with Gasteiger partial charge in [-0.15, -0.1) is 0 Å². The molecule has 0 radical (unpaired) electrons. The second kappa shape index (κ2) is 4.80. The van der Waals surface area contributed by atoms with Crippen LogP contribution in [0.25, 0.3) is 0 Å². The zero-order valence-corrected chi connectivity index (χ0v) is 11.2. The third-order valence-corrected chi connectivity index (χ3v) is 3.83. The number of hydrogen-bond donors (Lipinski definition) is 0. The normalized spacial score (nSPS) is 25.2. The van der Waals surface area contributed by atoms with E-state index >= 15 is 0 Å². The monoisotopic (exact) mass is 234 g/mol. The molecule has 0 spiro atoms. The molecule has 0 bridgehead atoms. The van der Waals surface area contributed by atoms with E-state index in [4.69, 9.17) is 0 Å². The Morgan fingerprint density at radius 2 is 1.76 bits per heavy atom. The molecule has 17 heavy (non-hydrogen) atoms. The van der Waals surface area contributed by atoms with Crippen molar-refractivity contribution < 1.29 is 4.39 Å². The van der Waals surface area contributed by atoms with Crippen molar-refractivity contribution in [2.75, 3.05) is 0 Å². The molecule has 0 aromatic heterocycles. The SMILES string of the molecule is CC(C)(C)CC1CCCC1c1ccc(F)cc1. The quantitative estimate of drug-likeness (QED) is 0.664. The van der Waals surface area contributed by atoms with E-state index in [1.165, 1.54) is 31.2 Å². The Morgan fingerprint density at radius 1 is 1.12 bits per heavy atom. The summed E-state index contributed by atoms with van der Waals surface area (Å²) in [5.74, 6) is 1.30. The van der Waals surface area contributed by atoms with Crippen molar-refractivity contribution >= 4 is 0 Å². The van der Waals surface area contributed by atoms with Gasteiger partial charge in [-0.05, 0) is 54.2 Å². The molecule has 2 rings (SSSR count). The van der Waals surface area contributed by atoms with E-state index in [-0.39, 0.29) is 5.82 Å². The summed E-state index contributed by atoms with van der Waals surface area (Å²) in [5, 5.41) is 0. The zero-order valence-electron chi connectivity index (χ0n) is 11.2. The van der Waals surface area contributed by atoms with Crippen molar-refractivity contribution in [2.24, 2.45) is 11.3 Å². The average molecular weight is 234 g/mol. The molecule has 0 amide bonds. The van der Waals surface area contributed by atoms with Crippen LogP contribution in [-0.4, -0.2) is 0 Å². The molecule has 0 heterocycles. The van der Waals surface area contributed by atoms with E-state index in [1.807, 2.05) is 12.1 Å². The third-order valence-electron chi connectivity index (χ3n) is 3.83. The minimum Gasteiger partial charge on any atom is -0.207 e. The lowest BCUT2D eigenvalue weighted by molar-refractivity contribution is 0.280. The van der Waals surface area contributed by atoms with Crippen LogP contribution in [0.4, 0.5) is 4.39 Å². The molecule has 1 aromatic rings. The van der Waals surface area contributed by atoms with Crippen LogP contribution in [0.3, 0.4) is 0 Å². The van der Waals surface area contributed by atoms with Crippen LogP contribution < -0.4 is 0 Å². The van der Waals surface area contributed by atoms with Crippen molar-refractivity contribution in [2.45, 2.75) is 52.4 Å². The lowest BCUT2D eigenvalue weighted by Crippen LogP contribution is -2.15. The summed E-state index contributed by atoms with van der Waals surface area (Å²) in [5.41, 5.74) is 1.73. The molecule has 1 aliphatic carbocycles. The molecule has 1 heteroatoms. The predicted molar refractivity (Wildman–Crippen MR) is 70.6 cm³/mol. The van der Waals surface area contributed by atoms with Gasteiger partial charge in [-0.25, -0.2) is 4.39 Å². The molecule has 1 fully saturated rings. The predicted octanol–water partition coefficient (Wildman–Crippen LogP) is 5.15. The second-order valence-corrected chi connectivity index (χ2v) is 6.61. The zero-order chi connectivity index (χ0) is 12.5. The lowest BCUT2D eigenvalue weighted by Gasteiger charge is -2.27. The van der Waals surface area contributed by atoms with Crippen molar-refractivity contribution in [1.29, 1.82) is 0 Å². The summed E-state index contributed by atoms with van der Waals surface area (Å²) in [4.78, 5) is 0. The van der Waals surface area contributed by atoms with Crippen LogP contribution >= 0.6 is 0 Å². The van der Waals surface area contributed by atoms with Gasteiger partial charge in [-0.2, -0.15) is 0 Å². The molecule has 2 unspecified atom stereocenters. The number of hydrogen-bond acceptors (Lipinski definition) is 0. The smallest absolute Gasteiger partial charge is 0.123 e. The Kier molecular flexibility index (Phi) is 3.56. The highest BCUT2D eigenvalue weighted by molar-refractivity contribution is 5.22. The Bertz CT molecular complexity index is 358. The highest BCUT2D eigenvalue weighted by Crippen LogP contribution is 2.44. The number of halogens is 1. The first-order chi connectivity index (χ1) is 7.96. The first-order valence-electron chi connectivity index (χ1n) is 6.71. The Labute approximate surface area is 104 Å². The fourth-order valence-corrected chi connectivity index (χ4v) is 3.22. The standard InChI is InChI=1S/C16H23F/c1-16(2,3)11-13-5-4-6-15(13)12-7-9-14(17)10-8-12/h7-10,13,15H,4-6,11H2,1-3H3. The second-order valence-electron chi connectivity index (χ2n) is 6.61. The highest BCUT2D eigenvalue weighted by Gasteiger charge is 2.31. The van der Waals surface area contributed by atoms with Crippen molar-refractivity contribution in [1.82, 2.24) is 0 Å². The summed E-state index contributed by atoms with van der Waals surface area (Å²) >= 11 is 0. The van der Waals surface area contributed by atoms with Gasteiger partial charge in [0, 0.05) is 0 Å². The third kappa shape index (κ3) is 3.31. The van der Waals surface area contributed by atoms with E-state index in [1.54, 1.807) is 12.1 Å². The summed E-state index contributed by atoms with van der Waals surface area (Å²) in [7, 11) is 0. The molecule has 94 valence electrons. The Hall–Kier alpha value is -0.850. The van der Waals surface area contributed by atoms with Gasteiger partial charge < -0.3 is 0 Å². The molecule has 0 nitrogen and oxygen atoms in total. The van der Waals surface area contributed by atoms with Crippen LogP contribution in [0, 0.1) is 17.2 Å². The summed E-state index contributed by atoms with van der Waals surface area (Å²) in [6.45, 7) is 6.94. The molecule has 0 N–H and O–H groups in total. The maximum Gasteiger partial charge on any atom is 0.123 e. The van der Waals surface area contributed by atoms with Gasteiger partial charge in [0.05, 0.1) is 0 Å². The van der Waals surface area contributed by atoms with Crippen molar-refractivity contribution in [3.05, 3.63) is 35.6 Å². The molecular weight excluding hydrogens is 211 g/mol. The van der Waals surface area contributed by atoms with Gasteiger partial charge in [-0.1, -0.05) is 39.3 Å². The topological polar surface area (TPSA) is 0 Å². The van der Waals surface area contributed by atoms with Crippen LogP contribution in [0.5, 0.6) is 0 Å². The van der Waals surface area contributed by atoms with Crippen molar-refractivity contribution in [3.63, 3.8) is 0 Å². The van der Waals surface area contributed by atoms with E-state index < -0.39 is 0 Å². The maximum atomic E-state index is 12.9. The molecule has 0 saturated heterocycles. The van der Waals surface area contributed by atoms with Gasteiger partial charge in [0.1, 0.15) is 5.82 Å². The molecule has 0 aliphatic heterocycles. The lowest BCUT2D eigenvalue weighted by atomic mass is 9.78. The average Bonchev–Trinajstić information content (AvgIpc) is 2.64. The van der Waals surface area contributed by atoms with Gasteiger partial charge in [0.25, 0.3) is 0 Å². The minimum atomic E-state index is -0.126. The van der Waals surface area contributed by atoms with E-state index in [2.05, 4.69) is 20.8 Å². The first-order valence-corrected chi connectivity index (χ1v) is 6.71. The Morgan fingerprint density at radius 3 is 2.35 bits per heavy atom. The van der Waals surface area contributed by atoms with Crippen LogP contribution in [-0.2, 0) is 0 Å². The maximum absolute atomic E-state index is 12.9. The van der Waals surface area contributed by atoms with Crippen LogP contribution in [0.15, 0.2) is 24.3 Å². The summed E-state index contributed by atoms with van der Waals surface area (Å²) in [6.07, 6.45) is 5.20. The van der Waals surface area contributed by atoms with E-state index in [9.17, 15) is 4.39 Å². The molecule has 1 saturated carbocycles. The van der Waals surface area contributed by atoms with E-state index in [0.29, 0.717) is 11.3 Å². The van der Waals surface area contributed by atoms with Crippen LogP contribution in [0.2, 0.25) is 0 Å². The molecule has 1 aromatic carbocycles. The number of benzene rings is 1. The van der Waals surface area contributed by atoms with Crippen LogP contribution in [0.1, 0.15) is 57.9 Å². The van der Waals surface area contributed by atoms with E-state index in [0.717, 1.165) is 5.92 Å². The molecule has 2 atom stereocenters. The Balaban J connectivity index is 2.11. The summed E-state index contributed by atoms with van der Waals surface area (Å²) < 4.78 is 12.9. The van der Waals surface area contributed by atoms with Gasteiger partial charge in [-0.3, -0.25) is 0 Å².